The van der Waals surface area contributed by atoms with Crippen LogP contribution in [0.15, 0.2) is 36.9 Å². The molecule has 0 aliphatic heterocycles. The summed E-state index contributed by atoms with van der Waals surface area (Å²) in [5.41, 5.74) is 0.958. The van der Waals surface area contributed by atoms with Gasteiger partial charge < -0.3 is 0 Å². The summed E-state index contributed by atoms with van der Waals surface area (Å²) < 4.78 is 0. The average Bonchev–Trinajstić information content (AvgIpc) is 3.07. The Morgan fingerprint density at radius 3 is 2.69 bits per heavy atom. The van der Waals surface area contributed by atoms with Crippen LogP contribution in [0.3, 0.4) is 0 Å². The molecule has 1 fully saturated rings. The van der Waals surface area contributed by atoms with Gasteiger partial charge in [-0.15, -0.1) is 0 Å². The molecule has 0 spiro atoms. The first-order valence-electron chi connectivity index (χ1n) is 5.10. The number of halogens is 1. The minimum Gasteiger partial charge on any atom is -0.290 e. The molecule has 0 aromatic heterocycles. The van der Waals surface area contributed by atoms with Crippen LogP contribution in [0.25, 0.3) is 0 Å². The summed E-state index contributed by atoms with van der Waals surface area (Å²) in [6.45, 7) is 3.31. The molecule has 0 saturated heterocycles. The van der Waals surface area contributed by atoms with Crippen LogP contribution in [0.4, 0.5) is 0 Å². The van der Waals surface area contributed by atoms with Gasteiger partial charge in [0.05, 0.1) is 0 Å². The van der Waals surface area contributed by atoms with Crippen molar-refractivity contribution >= 4 is 23.2 Å². The minimum absolute atomic E-state index is 0.102. The van der Waals surface area contributed by atoms with Crippen LogP contribution >= 0.6 is 11.6 Å². The number of allylic oxidation sites excluding steroid dienone is 1. The Balaban J connectivity index is 2.13. The average molecular weight is 235 g/mol. The molecule has 1 saturated carbocycles. The third-order valence-electron chi connectivity index (χ3n) is 2.86. The lowest BCUT2D eigenvalue weighted by Crippen LogP contribution is -2.13. The largest absolute Gasteiger partial charge is 0.290 e. The zero-order valence-electron chi connectivity index (χ0n) is 8.65. The van der Waals surface area contributed by atoms with Gasteiger partial charge in [0.25, 0.3) is 0 Å². The van der Waals surface area contributed by atoms with Gasteiger partial charge >= 0.3 is 0 Å². The van der Waals surface area contributed by atoms with E-state index in [1.165, 1.54) is 0 Å². The standard InChI is InChI=1S/C13H11ClO2/c1-2-12(15)13(16)10-7-9(10)8-5-3-4-6-11(8)14/h2-6,9-10H,1,7H2. The fourth-order valence-electron chi connectivity index (χ4n) is 1.89. The number of ketones is 2. The van der Waals surface area contributed by atoms with E-state index in [-0.39, 0.29) is 17.6 Å². The van der Waals surface area contributed by atoms with Crippen molar-refractivity contribution in [3.05, 3.63) is 47.5 Å². The van der Waals surface area contributed by atoms with E-state index in [1.54, 1.807) is 6.07 Å². The van der Waals surface area contributed by atoms with E-state index in [9.17, 15) is 9.59 Å². The van der Waals surface area contributed by atoms with Crippen LogP contribution in [0, 0.1) is 5.92 Å². The molecule has 2 nitrogen and oxygen atoms in total. The van der Waals surface area contributed by atoms with Crippen LogP contribution < -0.4 is 0 Å². The zero-order chi connectivity index (χ0) is 11.7. The van der Waals surface area contributed by atoms with Gasteiger partial charge in [-0.25, -0.2) is 0 Å². The van der Waals surface area contributed by atoms with Crippen LogP contribution in [-0.2, 0) is 9.59 Å². The fourth-order valence-corrected chi connectivity index (χ4v) is 2.16. The molecule has 1 aliphatic rings. The van der Waals surface area contributed by atoms with Crippen LogP contribution in [-0.4, -0.2) is 11.6 Å². The molecule has 2 unspecified atom stereocenters. The molecule has 82 valence electrons. The number of hydrogen-bond donors (Lipinski definition) is 0. The first-order chi connectivity index (χ1) is 7.65. The molecular formula is C13H11ClO2. The van der Waals surface area contributed by atoms with Crippen molar-refractivity contribution in [3.8, 4) is 0 Å². The van der Waals surface area contributed by atoms with Crippen molar-refractivity contribution < 1.29 is 9.59 Å². The predicted molar refractivity (Wildman–Crippen MR) is 62.5 cm³/mol. The second-order valence-corrected chi connectivity index (χ2v) is 4.31. The topological polar surface area (TPSA) is 34.1 Å². The van der Waals surface area contributed by atoms with Gasteiger partial charge in [0.1, 0.15) is 0 Å². The lowest BCUT2D eigenvalue weighted by Gasteiger charge is -2.01. The fraction of sp³-hybridized carbons (Fsp3) is 0.231. The molecule has 0 amide bonds. The summed E-state index contributed by atoms with van der Waals surface area (Å²) in [5.74, 6) is -0.949. The first-order valence-corrected chi connectivity index (χ1v) is 5.48. The second kappa shape index (κ2) is 4.22. The molecule has 3 heteroatoms. The van der Waals surface area contributed by atoms with Crippen molar-refractivity contribution in [1.82, 2.24) is 0 Å². The van der Waals surface area contributed by atoms with Crippen molar-refractivity contribution in [2.24, 2.45) is 5.92 Å². The highest BCUT2D eigenvalue weighted by molar-refractivity contribution is 6.43. The highest BCUT2D eigenvalue weighted by atomic mass is 35.5. The van der Waals surface area contributed by atoms with Crippen molar-refractivity contribution in [2.75, 3.05) is 0 Å². The SMILES string of the molecule is C=CC(=O)C(=O)C1CC1c1ccccc1Cl. The second-order valence-electron chi connectivity index (χ2n) is 3.90. The van der Waals surface area contributed by atoms with Gasteiger partial charge in [-0.2, -0.15) is 0 Å². The van der Waals surface area contributed by atoms with Crippen molar-refractivity contribution in [3.63, 3.8) is 0 Å². The Morgan fingerprint density at radius 2 is 2.06 bits per heavy atom. The molecule has 0 N–H and O–H groups in total. The summed E-state index contributed by atoms with van der Waals surface area (Å²) >= 11 is 6.03. The third-order valence-corrected chi connectivity index (χ3v) is 3.20. The predicted octanol–water partition coefficient (Wildman–Crippen LogP) is 2.77. The highest BCUT2D eigenvalue weighted by Crippen LogP contribution is 2.50. The number of carbonyl (C=O) groups excluding carboxylic acids is 2. The smallest absolute Gasteiger partial charge is 0.221 e. The Labute approximate surface area is 98.9 Å². The van der Waals surface area contributed by atoms with E-state index in [0.29, 0.717) is 11.4 Å². The molecule has 0 bridgehead atoms. The van der Waals surface area contributed by atoms with Gasteiger partial charge in [0.2, 0.25) is 11.6 Å². The molecule has 1 aliphatic carbocycles. The molecular weight excluding hydrogens is 224 g/mol. The van der Waals surface area contributed by atoms with E-state index in [1.807, 2.05) is 18.2 Å². The van der Waals surface area contributed by atoms with E-state index in [0.717, 1.165) is 11.6 Å². The summed E-state index contributed by atoms with van der Waals surface area (Å²) in [6.07, 6.45) is 1.78. The monoisotopic (exact) mass is 234 g/mol. The Kier molecular flexibility index (Phi) is 2.92. The molecule has 1 aromatic rings. The van der Waals surface area contributed by atoms with Crippen LogP contribution in [0.1, 0.15) is 17.9 Å². The van der Waals surface area contributed by atoms with Gasteiger partial charge in [-0.05, 0) is 30.0 Å². The van der Waals surface area contributed by atoms with Gasteiger partial charge in [0, 0.05) is 10.9 Å². The quantitative estimate of drug-likeness (QED) is 0.593. The molecule has 0 heterocycles. The highest BCUT2D eigenvalue weighted by Gasteiger charge is 2.46. The number of carbonyl (C=O) groups is 2. The van der Waals surface area contributed by atoms with E-state index >= 15 is 0 Å². The van der Waals surface area contributed by atoms with Gasteiger partial charge in [-0.1, -0.05) is 36.4 Å². The lowest BCUT2D eigenvalue weighted by atomic mass is 10.1. The summed E-state index contributed by atoms with van der Waals surface area (Å²) in [5, 5.41) is 0.661. The summed E-state index contributed by atoms with van der Waals surface area (Å²) in [4.78, 5) is 22.7. The summed E-state index contributed by atoms with van der Waals surface area (Å²) in [6, 6.07) is 7.43. The van der Waals surface area contributed by atoms with Gasteiger partial charge in [-0.3, -0.25) is 9.59 Å². The maximum absolute atomic E-state index is 11.6. The third kappa shape index (κ3) is 1.93. The maximum Gasteiger partial charge on any atom is 0.221 e. The number of benzene rings is 1. The van der Waals surface area contributed by atoms with E-state index in [2.05, 4.69) is 6.58 Å². The number of Topliss-reactive ketones (excluding diaryl/α,β-unsaturated/α-hetero) is 1. The van der Waals surface area contributed by atoms with Crippen LogP contribution in [0.2, 0.25) is 5.02 Å². The minimum atomic E-state index is -0.500. The summed E-state index contributed by atoms with van der Waals surface area (Å²) in [7, 11) is 0. The molecule has 2 atom stereocenters. The van der Waals surface area contributed by atoms with E-state index in [4.69, 9.17) is 11.6 Å². The lowest BCUT2D eigenvalue weighted by molar-refractivity contribution is -0.134. The van der Waals surface area contributed by atoms with Crippen molar-refractivity contribution in [1.29, 1.82) is 0 Å². The molecule has 2 rings (SSSR count). The molecule has 0 radical (unpaired) electrons. The number of hydrogen-bond acceptors (Lipinski definition) is 2. The Morgan fingerprint density at radius 1 is 1.38 bits per heavy atom. The zero-order valence-corrected chi connectivity index (χ0v) is 9.41. The van der Waals surface area contributed by atoms with E-state index < -0.39 is 5.78 Å². The maximum atomic E-state index is 11.6. The Bertz CT molecular complexity index is 465. The van der Waals surface area contributed by atoms with Crippen molar-refractivity contribution in [2.45, 2.75) is 12.3 Å². The Hall–Kier alpha value is -1.41. The number of rotatable bonds is 4. The molecule has 16 heavy (non-hydrogen) atoms. The molecule has 1 aromatic carbocycles. The normalized spacial score (nSPS) is 22.6. The van der Waals surface area contributed by atoms with Gasteiger partial charge in [0.15, 0.2) is 0 Å². The first kappa shape index (κ1) is 11.1. The van der Waals surface area contributed by atoms with Crippen LogP contribution in [0.5, 0.6) is 0 Å².